The first-order chi connectivity index (χ1) is 9.10. The minimum atomic E-state index is -0.245. The molecule has 0 aromatic heterocycles. The summed E-state index contributed by atoms with van der Waals surface area (Å²) in [5, 5.41) is 5.93. The molecule has 1 aromatic carbocycles. The van der Waals surface area contributed by atoms with Gasteiger partial charge in [-0.3, -0.25) is 9.59 Å². The van der Waals surface area contributed by atoms with Crippen LogP contribution in [0.15, 0.2) is 24.3 Å². The number of Topliss-reactive ketones (excluding diaryl/α,β-unsaturated/α-hetero) is 1. The number of hydrogen-bond donors (Lipinski definition) is 2. The van der Waals surface area contributed by atoms with Gasteiger partial charge < -0.3 is 15.4 Å². The van der Waals surface area contributed by atoms with Gasteiger partial charge in [0, 0.05) is 24.9 Å². The lowest BCUT2D eigenvalue weighted by atomic mass is 10.1. The van der Waals surface area contributed by atoms with E-state index in [0.29, 0.717) is 24.2 Å². The van der Waals surface area contributed by atoms with Crippen molar-refractivity contribution in [2.45, 2.75) is 25.5 Å². The Kier molecular flexibility index (Phi) is 4.29. The maximum Gasteiger partial charge on any atom is 0.241 e. The molecule has 2 rings (SSSR count). The van der Waals surface area contributed by atoms with Gasteiger partial charge in [-0.2, -0.15) is 0 Å². The van der Waals surface area contributed by atoms with Crippen molar-refractivity contribution in [1.82, 2.24) is 5.32 Å². The van der Waals surface area contributed by atoms with Crippen LogP contribution in [0.1, 0.15) is 23.7 Å². The quantitative estimate of drug-likeness (QED) is 0.800. The van der Waals surface area contributed by atoms with Crippen LogP contribution in [0.2, 0.25) is 0 Å². The zero-order valence-corrected chi connectivity index (χ0v) is 11.1. The van der Waals surface area contributed by atoms with Gasteiger partial charge in [0.15, 0.2) is 5.78 Å². The van der Waals surface area contributed by atoms with Crippen LogP contribution in [0.4, 0.5) is 5.69 Å². The van der Waals surface area contributed by atoms with Crippen LogP contribution in [0, 0.1) is 0 Å². The third-order valence-electron chi connectivity index (χ3n) is 3.28. The van der Waals surface area contributed by atoms with Crippen molar-refractivity contribution in [2.75, 3.05) is 19.0 Å². The first-order valence-corrected chi connectivity index (χ1v) is 6.28. The van der Waals surface area contributed by atoms with Crippen molar-refractivity contribution in [3.63, 3.8) is 0 Å². The van der Waals surface area contributed by atoms with Gasteiger partial charge in [-0.25, -0.2) is 0 Å². The molecule has 5 heteroatoms. The fourth-order valence-corrected chi connectivity index (χ4v) is 2.13. The predicted molar refractivity (Wildman–Crippen MR) is 72.3 cm³/mol. The molecule has 2 N–H and O–H groups in total. The lowest BCUT2D eigenvalue weighted by Gasteiger charge is -2.11. The largest absolute Gasteiger partial charge is 0.380 e. The number of hydrogen-bond acceptors (Lipinski definition) is 4. The van der Waals surface area contributed by atoms with Crippen molar-refractivity contribution in [1.29, 1.82) is 0 Å². The Labute approximate surface area is 112 Å². The fraction of sp³-hybridized carbons (Fsp3) is 0.429. The van der Waals surface area contributed by atoms with E-state index in [1.165, 1.54) is 6.92 Å². The number of amides is 1. The van der Waals surface area contributed by atoms with Crippen LogP contribution in [0.5, 0.6) is 0 Å². The third kappa shape index (κ3) is 3.39. The molecule has 1 aliphatic heterocycles. The fourth-order valence-electron chi connectivity index (χ4n) is 2.13. The zero-order valence-electron chi connectivity index (χ0n) is 11.1. The minimum absolute atomic E-state index is 0.0189. The molecule has 1 heterocycles. The Bertz CT molecular complexity index is 487. The van der Waals surface area contributed by atoms with Gasteiger partial charge in [-0.15, -0.1) is 0 Å². The lowest BCUT2D eigenvalue weighted by molar-refractivity contribution is -0.118. The van der Waals surface area contributed by atoms with Crippen LogP contribution in [0.25, 0.3) is 0 Å². The summed E-state index contributed by atoms with van der Waals surface area (Å²) in [4.78, 5) is 23.3. The minimum Gasteiger partial charge on any atom is -0.380 e. The first kappa shape index (κ1) is 13.7. The Balaban J connectivity index is 1.99. The SMILES string of the molecule is COC1CNC(C(=O)Nc2cccc(C(C)=O)c2)C1. The molecule has 0 saturated carbocycles. The van der Waals surface area contributed by atoms with Crippen LogP contribution in [0.3, 0.4) is 0 Å². The summed E-state index contributed by atoms with van der Waals surface area (Å²) in [6.45, 7) is 2.19. The van der Waals surface area contributed by atoms with Crippen LogP contribution < -0.4 is 10.6 Å². The first-order valence-electron chi connectivity index (χ1n) is 6.28. The van der Waals surface area contributed by atoms with Gasteiger partial charge in [0.2, 0.25) is 5.91 Å². The second-order valence-electron chi connectivity index (χ2n) is 4.68. The Morgan fingerprint density at radius 1 is 1.42 bits per heavy atom. The summed E-state index contributed by atoms with van der Waals surface area (Å²) < 4.78 is 5.21. The molecule has 5 nitrogen and oxygen atoms in total. The van der Waals surface area contributed by atoms with Gasteiger partial charge >= 0.3 is 0 Å². The molecular formula is C14H18N2O3. The molecule has 1 aromatic rings. The van der Waals surface area contributed by atoms with Crippen molar-refractivity contribution in [3.8, 4) is 0 Å². The number of ketones is 1. The molecule has 1 aliphatic rings. The van der Waals surface area contributed by atoms with Crippen molar-refractivity contribution in [3.05, 3.63) is 29.8 Å². The predicted octanol–water partition coefficient (Wildman–Crippen LogP) is 1.20. The second-order valence-corrected chi connectivity index (χ2v) is 4.68. The lowest BCUT2D eigenvalue weighted by Crippen LogP contribution is -2.35. The number of anilines is 1. The monoisotopic (exact) mass is 262 g/mol. The molecule has 19 heavy (non-hydrogen) atoms. The highest BCUT2D eigenvalue weighted by molar-refractivity contribution is 5.98. The highest BCUT2D eigenvalue weighted by Crippen LogP contribution is 2.14. The molecule has 1 amide bonds. The summed E-state index contributed by atoms with van der Waals surface area (Å²) >= 11 is 0. The molecule has 0 spiro atoms. The van der Waals surface area contributed by atoms with E-state index in [1.807, 2.05) is 0 Å². The average molecular weight is 262 g/mol. The topological polar surface area (TPSA) is 67.4 Å². The number of rotatable bonds is 4. The summed E-state index contributed by atoms with van der Waals surface area (Å²) in [7, 11) is 1.64. The van der Waals surface area contributed by atoms with E-state index in [-0.39, 0.29) is 23.8 Å². The van der Waals surface area contributed by atoms with E-state index in [0.717, 1.165) is 0 Å². The number of benzene rings is 1. The van der Waals surface area contributed by atoms with Crippen LogP contribution in [-0.2, 0) is 9.53 Å². The summed E-state index contributed by atoms with van der Waals surface area (Å²) in [6, 6.07) is 6.70. The smallest absolute Gasteiger partial charge is 0.241 e. The number of carbonyl (C=O) groups excluding carboxylic acids is 2. The molecule has 0 radical (unpaired) electrons. The number of ether oxygens (including phenoxy) is 1. The highest BCUT2D eigenvalue weighted by atomic mass is 16.5. The van der Waals surface area contributed by atoms with Crippen molar-refractivity contribution >= 4 is 17.4 Å². The maximum absolute atomic E-state index is 12.0. The van der Waals surface area contributed by atoms with Gasteiger partial charge in [0.25, 0.3) is 0 Å². The highest BCUT2D eigenvalue weighted by Gasteiger charge is 2.29. The standard InChI is InChI=1S/C14H18N2O3/c1-9(17)10-4-3-5-11(6-10)16-14(18)13-7-12(19-2)8-15-13/h3-6,12-13,15H,7-8H2,1-2H3,(H,16,18). The zero-order chi connectivity index (χ0) is 13.8. The van der Waals surface area contributed by atoms with Crippen molar-refractivity contribution in [2.24, 2.45) is 0 Å². The van der Waals surface area contributed by atoms with Gasteiger partial charge in [-0.1, -0.05) is 12.1 Å². The van der Waals surface area contributed by atoms with E-state index in [1.54, 1.807) is 31.4 Å². The average Bonchev–Trinajstić information content (AvgIpc) is 2.88. The van der Waals surface area contributed by atoms with Crippen LogP contribution >= 0.6 is 0 Å². The van der Waals surface area contributed by atoms with E-state index in [4.69, 9.17) is 4.74 Å². The summed E-state index contributed by atoms with van der Waals surface area (Å²) in [6.07, 6.45) is 0.744. The molecule has 1 saturated heterocycles. The van der Waals surface area contributed by atoms with Crippen molar-refractivity contribution < 1.29 is 14.3 Å². The Morgan fingerprint density at radius 3 is 2.84 bits per heavy atom. The molecule has 1 fully saturated rings. The van der Waals surface area contributed by atoms with E-state index in [2.05, 4.69) is 10.6 Å². The number of nitrogens with one attached hydrogen (secondary N) is 2. The van der Waals surface area contributed by atoms with E-state index < -0.39 is 0 Å². The number of carbonyl (C=O) groups is 2. The van der Waals surface area contributed by atoms with Gasteiger partial charge in [0.05, 0.1) is 12.1 Å². The molecule has 2 unspecified atom stereocenters. The molecule has 2 atom stereocenters. The molecule has 102 valence electrons. The summed E-state index contributed by atoms with van der Waals surface area (Å²) in [5.74, 6) is -0.116. The Hall–Kier alpha value is -1.72. The number of methoxy groups -OCH3 is 1. The molecule has 0 aliphatic carbocycles. The van der Waals surface area contributed by atoms with E-state index in [9.17, 15) is 9.59 Å². The normalized spacial score (nSPS) is 22.2. The Morgan fingerprint density at radius 2 is 2.21 bits per heavy atom. The molecule has 0 bridgehead atoms. The van der Waals surface area contributed by atoms with Gasteiger partial charge in [0.1, 0.15) is 0 Å². The second kappa shape index (κ2) is 5.95. The van der Waals surface area contributed by atoms with E-state index >= 15 is 0 Å². The molecular weight excluding hydrogens is 244 g/mol. The third-order valence-corrected chi connectivity index (χ3v) is 3.28. The van der Waals surface area contributed by atoms with Crippen LogP contribution in [-0.4, -0.2) is 37.5 Å². The summed E-state index contributed by atoms with van der Waals surface area (Å²) in [5.41, 5.74) is 1.23. The van der Waals surface area contributed by atoms with Gasteiger partial charge in [-0.05, 0) is 25.5 Å². The maximum atomic E-state index is 12.0.